The summed E-state index contributed by atoms with van der Waals surface area (Å²) < 4.78 is 10.3. The molecule has 0 aliphatic carbocycles. The number of rotatable bonds is 7. The second-order valence-corrected chi connectivity index (χ2v) is 9.31. The Labute approximate surface area is 221 Å². The van der Waals surface area contributed by atoms with Gasteiger partial charge in [-0.05, 0) is 50.1 Å². The van der Waals surface area contributed by atoms with Crippen molar-refractivity contribution in [3.05, 3.63) is 85.4 Å². The minimum Gasteiger partial charge on any atom is -0.507 e. The standard InChI is InChI=1S/C26H23N3O8S/c1-5-37-25(33)23-14(3)27-26(38-23)28-20(15-7-6-8-16(12-15)29(34)35)19(22(31)24(28)32)21(30)18-10-9-17(36-4)11-13(18)2/h6-12,20,30H,5H2,1-4H3/b21-19+/t20-/m1/s1. The summed E-state index contributed by atoms with van der Waals surface area (Å²) in [5.74, 6) is -2.56. The van der Waals surface area contributed by atoms with Crippen LogP contribution in [0.25, 0.3) is 5.76 Å². The Hall–Kier alpha value is -4.58. The molecule has 0 unspecified atom stereocenters. The number of anilines is 1. The van der Waals surface area contributed by atoms with Gasteiger partial charge < -0.3 is 14.6 Å². The normalized spacial score (nSPS) is 16.5. The number of methoxy groups -OCH3 is 1. The Kier molecular flexibility index (Phi) is 7.26. The molecule has 1 amide bonds. The van der Waals surface area contributed by atoms with Crippen molar-refractivity contribution in [3.63, 3.8) is 0 Å². The number of thiazole rings is 1. The smallest absolute Gasteiger partial charge is 0.350 e. The number of esters is 1. The highest BCUT2D eigenvalue weighted by Gasteiger charge is 2.49. The number of non-ortho nitro benzene ring substituents is 1. The molecule has 2 heterocycles. The first-order valence-electron chi connectivity index (χ1n) is 11.4. The van der Waals surface area contributed by atoms with Gasteiger partial charge in [-0.15, -0.1) is 0 Å². The molecule has 38 heavy (non-hydrogen) atoms. The average molecular weight is 538 g/mol. The molecule has 0 saturated carbocycles. The Morgan fingerprint density at radius 1 is 1.21 bits per heavy atom. The third-order valence-electron chi connectivity index (χ3n) is 5.98. The van der Waals surface area contributed by atoms with Crippen molar-refractivity contribution in [3.8, 4) is 5.75 Å². The van der Waals surface area contributed by atoms with Crippen LogP contribution >= 0.6 is 11.3 Å². The van der Waals surface area contributed by atoms with E-state index in [-0.39, 0.29) is 44.7 Å². The van der Waals surface area contributed by atoms with Gasteiger partial charge in [-0.25, -0.2) is 9.78 Å². The van der Waals surface area contributed by atoms with Crippen LogP contribution in [0.1, 0.15) is 45.0 Å². The first kappa shape index (κ1) is 26.5. The summed E-state index contributed by atoms with van der Waals surface area (Å²) in [5, 5.41) is 22.9. The number of Topliss-reactive ketones (excluding diaryl/α,β-unsaturated/α-hetero) is 1. The van der Waals surface area contributed by atoms with E-state index in [0.717, 1.165) is 16.2 Å². The minimum absolute atomic E-state index is 0.00895. The molecular weight excluding hydrogens is 514 g/mol. The van der Waals surface area contributed by atoms with E-state index in [4.69, 9.17) is 9.47 Å². The fourth-order valence-corrected chi connectivity index (χ4v) is 5.19. The summed E-state index contributed by atoms with van der Waals surface area (Å²) in [6.07, 6.45) is 0. The quantitative estimate of drug-likeness (QED) is 0.115. The number of aliphatic hydroxyl groups excluding tert-OH is 1. The molecule has 0 bridgehead atoms. The number of hydrogen-bond donors (Lipinski definition) is 1. The monoisotopic (exact) mass is 537 g/mol. The SMILES string of the molecule is CCOC(=O)c1sc(N2C(=O)C(=O)/C(=C(/O)c3ccc(OC)cc3C)[C@H]2c2cccc([N+](=O)[O-])c2)nc1C. The molecule has 4 rings (SSSR count). The minimum atomic E-state index is -1.25. The molecule has 12 heteroatoms. The zero-order chi connectivity index (χ0) is 27.7. The molecule has 2 aromatic carbocycles. The van der Waals surface area contributed by atoms with Gasteiger partial charge in [0.2, 0.25) is 0 Å². The van der Waals surface area contributed by atoms with E-state index >= 15 is 0 Å². The zero-order valence-electron chi connectivity index (χ0n) is 20.9. The Morgan fingerprint density at radius 2 is 1.95 bits per heavy atom. The van der Waals surface area contributed by atoms with Gasteiger partial charge in [-0.3, -0.25) is 24.6 Å². The number of benzene rings is 2. The first-order valence-corrected chi connectivity index (χ1v) is 12.3. The number of nitro benzene ring substituents is 1. The fraction of sp³-hybridized carbons (Fsp3) is 0.231. The Morgan fingerprint density at radius 3 is 2.58 bits per heavy atom. The fourth-order valence-electron chi connectivity index (χ4n) is 4.20. The van der Waals surface area contributed by atoms with Gasteiger partial charge in [0.25, 0.3) is 11.5 Å². The molecule has 3 aromatic rings. The lowest BCUT2D eigenvalue weighted by Gasteiger charge is -2.23. The Bertz CT molecular complexity index is 1510. The van der Waals surface area contributed by atoms with Gasteiger partial charge in [0.1, 0.15) is 16.4 Å². The number of carbonyl (C=O) groups excluding carboxylic acids is 3. The summed E-state index contributed by atoms with van der Waals surface area (Å²) in [6, 6.07) is 8.98. The van der Waals surface area contributed by atoms with Crippen LogP contribution in [-0.4, -0.2) is 46.4 Å². The number of ether oxygens (including phenoxy) is 2. The number of carbonyl (C=O) groups is 3. The van der Waals surface area contributed by atoms with E-state index in [1.807, 2.05) is 0 Å². The number of nitrogens with zero attached hydrogens (tertiary/aromatic N) is 3. The van der Waals surface area contributed by atoms with Crippen LogP contribution in [0.3, 0.4) is 0 Å². The number of ketones is 1. The van der Waals surface area contributed by atoms with Crippen LogP contribution in [0.15, 0.2) is 48.0 Å². The largest absolute Gasteiger partial charge is 0.507 e. The van der Waals surface area contributed by atoms with Crippen molar-refractivity contribution in [1.29, 1.82) is 0 Å². The van der Waals surface area contributed by atoms with E-state index in [9.17, 15) is 29.6 Å². The van der Waals surface area contributed by atoms with E-state index in [2.05, 4.69) is 4.98 Å². The molecule has 1 aromatic heterocycles. The van der Waals surface area contributed by atoms with Gasteiger partial charge in [-0.1, -0.05) is 23.5 Å². The summed E-state index contributed by atoms with van der Waals surface area (Å²) in [4.78, 5) is 55.6. The van der Waals surface area contributed by atoms with E-state index in [1.54, 1.807) is 39.0 Å². The van der Waals surface area contributed by atoms with Gasteiger partial charge in [-0.2, -0.15) is 0 Å². The van der Waals surface area contributed by atoms with E-state index in [0.29, 0.717) is 11.3 Å². The molecule has 1 saturated heterocycles. The molecule has 0 radical (unpaired) electrons. The highest BCUT2D eigenvalue weighted by molar-refractivity contribution is 7.17. The number of aromatic nitrogens is 1. The maximum atomic E-state index is 13.4. The third-order valence-corrected chi connectivity index (χ3v) is 7.12. The van der Waals surface area contributed by atoms with E-state index < -0.39 is 34.4 Å². The first-order chi connectivity index (χ1) is 18.1. The lowest BCUT2D eigenvalue weighted by Crippen LogP contribution is -2.29. The topological polar surface area (TPSA) is 149 Å². The number of hydrogen-bond acceptors (Lipinski definition) is 10. The maximum Gasteiger partial charge on any atom is 0.350 e. The zero-order valence-corrected chi connectivity index (χ0v) is 21.7. The van der Waals surface area contributed by atoms with Crippen molar-refractivity contribution in [2.75, 3.05) is 18.6 Å². The summed E-state index contributed by atoms with van der Waals surface area (Å²) in [5.41, 5.74) is 0.804. The van der Waals surface area contributed by atoms with Crippen molar-refractivity contribution in [1.82, 2.24) is 4.98 Å². The Balaban J connectivity index is 1.96. The second-order valence-electron chi connectivity index (χ2n) is 8.33. The summed E-state index contributed by atoms with van der Waals surface area (Å²) in [7, 11) is 1.49. The van der Waals surface area contributed by atoms with Crippen molar-refractivity contribution >= 4 is 45.6 Å². The highest BCUT2D eigenvalue weighted by Crippen LogP contribution is 2.44. The van der Waals surface area contributed by atoms with E-state index in [1.165, 1.54) is 31.4 Å². The van der Waals surface area contributed by atoms with Crippen LogP contribution in [0.2, 0.25) is 0 Å². The number of aryl methyl sites for hydroxylation is 2. The summed E-state index contributed by atoms with van der Waals surface area (Å²) >= 11 is 0.850. The maximum absolute atomic E-state index is 13.4. The van der Waals surface area contributed by atoms with Crippen LogP contribution in [0.5, 0.6) is 5.75 Å². The van der Waals surface area contributed by atoms with Gasteiger partial charge >= 0.3 is 11.9 Å². The van der Waals surface area contributed by atoms with Gasteiger partial charge in [0, 0.05) is 17.7 Å². The van der Waals surface area contributed by atoms with Gasteiger partial charge in [0.05, 0.1) is 35.9 Å². The van der Waals surface area contributed by atoms with Crippen molar-refractivity contribution in [2.24, 2.45) is 0 Å². The van der Waals surface area contributed by atoms with Crippen molar-refractivity contribution in [2.45, 2.75) is 26.8 Å². The molecule has 196 valence electrons. The van der Waals surface area contributed by atoms with Gasteiger partial charge in [0.15, 0.2) is 5.13 Å². The molecule has 1 aliphatic heterocycles. The molecule has 1 aliphatic rings. The van der Waals surface area contributed by atoms with Crippen LogP contribution in [0.4, 0.5) is 10.8 Å². The summed E-state index contributed by atoms with van der Waals surface area (Å²) in [6.45, 7) is 5.04. The molecular formula is C26H23N3O8S. The predicted octanol–water partition coefficient (Wildman–Crippen LogP) is 4.48. The third kappa shape index (κ3) is 4.61. The lowest BCUT2D eigenvalue weighted by atomic mass is 9.93. The van der Waals surface area contributed by atoms with Crippen LogP contribution in [-0.2, 0) is 14.3 Å². The lowest BCUT2D eigenvalue weighted by molar-refractivity contribution is -0.384. The van der Waals surface area contributed by atoms with Crippen LogP contribution < -0.4 is 9.64 Å². The molecule has 0 spiro atoms. The average Bonchev–Trinajstić information content (AvgIpc) is 3.40. The highest BCUT2D eigenvalue weighted by atomic mass is 32.1. The second kappa shape index (κ2) is 10.4. The number of amides is 1. The molecule has 1 fully saturated rings. The molecule has 1 atom stereocenters. The number of aliphatic hydroxyl groups is 1. The van der Waals surface area contributed by atoms with Crippen molar-refractivity contribution < 1.29 is 33.9 Å². The molecule has 11 nitrogen and oxygen atoms in total. The predicted molar refractivity (Wildman–Crippen MR) is 138 cm³/mol. The molecule has 1 N–H and O–H groups in total. The number of nitro groups is 1. The van der Waals surface area contributed by atoms with Crippen LogP contribution in [0, 0.1) is 24.0 Å².